The smallest absolute Gasteiger partial charge is 0.243 e. The first-order valence-electron chi connectivity index (χ1n) is 10.4. The van der Waals surface area contributed by atoms with Gasteiger partial charge < -0.3 is 26.2 Å². The van der Waals surface area contributed by atoms with Crippen molar-refractivity contribution < 1.29 is 24.6 Å². The number of nitrogens with zero attached hydrogens (tertiary/aromatic N) is 1. The molecule has 0 bridgehead atoms. The molecule has 0 fully saturated rings. The Morgan fingerprint density at radius 1 is 1.03 bits per heavy atom. The highest BCUT2D eigenvalue weighted by Crippen LogP contribution is 2.22. The molecule has 1 heterocycles. The van der Waals surface area contributed by atoms with Gasteiger partial charge in [-0.1, -0.05) is 34.6 Å². The van der Waals surface area contributed by atoms with Gasteiger partial charge in [0, 0.05) is 25.7 Å². The maximum Gasteiger partial charge on any atom is 0.243 e. The van der Waals surface area contributed by atoms with Gasteiger partial charge in [-0.2, -0.15) is 12.6 Å². The van der Waals surface area contributed by atoms with Crippen LogP contribution in [0.3, 0.4) is 0 Å². The van der Waals surface area contributed by atoms with Crippen LogP contribution in [0.2, 0.25) is 0 Å². The lowest BCUT2D eigenvalue weighted by Gasteiger charge is -2.32. The second-order valence-corrected chi connectivity index (χ2v) is 9.74. The SMILES string of the molecule is CNC(=O)C(NC(=O)[C@H](CC(C)C)NC(=O)C(S)CCn1c(O)ccc1O)C(C)(C)C. The summed E-state index contributed by atoms with van der Waals surface area (Å²) in [6.07, 6.45) is 0.617. The van der Waals surface area contributed by atoms with Crippen molar-refractivity contribution in [3.05, 3.63) is 12.1 Å². The number of aromatic hydroxyl groups is 2. The molecule has 1 aromatic heterocycles. The van der Waals surface area contributed by atoms with Crippen molar-refractivity contribution in [1.29, 1.82) is 0 Å². The van der Waals surface area contributed by atoms with Crippen molar-refractivity contribution in [2.45, 2.75) is 71.3 Å². The topological polar surface area (TPSA) is 133 Å². The number of amides is 3. The van der Waals surface area contributed by atoms with Crippen LogP contribution in [0.15, 0.2) is 12.1 Å². The average Bonchev–Trinajstić information content (AvgIpc) is 2.99. The zero-order valence-corrected chi connectivity index (χ0v) is 20.0. The Labute approximate surface area is 189 Å². The Morgan fingerprint density at radius 3 is 2.03 bits per heavy atom. The Hall–Kier alpha value is -2.36. The summed E-state index contributed by atoms with van der Waals surface area (Å²) in [4.78, 5) is 37.9. The fourth-order valence-corrected chi connectivity index (χ4v) is 3.28. The van der Waals surface area contributed by atoms with E-state index >= 15 is 0 Å². The molecule has 3 amide bonds. The van der Waals surface area contributed by atoms with Crippen LogP contribution in [0, 0.1) is 11.3 Å². The lowest BCUT2D eigenvalue weighted by Crippen LogP contribution is -2.58. The van der Waals surface area contributed by atoms with Gasteiger partial charge in [0.15, 0.2) is 11.8 Å². The third-order valence-corrected chi connectivity index (χ3v) is 5.36. The van der Waals surface area contributed by atoms with Gasteiger partial charge in [-0.15, -0.1) is 0 Å². The molecule has 2 unspecified atom stereocenters. The standard InChI is InChI=1S/C21H36N4O5S/c1-12(2)11-13(18(28)24-17(20(30)22-6)21(3,4)5)23-19(29)14(31)9-10-25-15(26)7-8-16(25)27/h7-8,12-14,17,26-27,31H,9-11H2,1-6H3,(H,22,30)(H,23,29)(H,24,28)/t13-,14?,17?/m0/s1. The van der Waals surface area contributed by atoms with E-state index in [9.17, 15) is 24.6 Å². The molecule has 5 N–H and O–H groups in total. The average molecular weight is 457 g/mol. The normalized spacial score (nSPS) is 14.6. The minimum atomic E-state index is -0.829. The summed E-state index contributed by atoms with van der Waals surface area (Å²) < 4.78 is 1.26. The van der Waals surface area contributed by atoms with E-state index in [-0.39, 0.29) is 36.6 Å². The molecule has 0 aliphatic heterocycles. The molecule has 1 aromatic rings. The van der Waals surface area contributed by atoms with Gasteiger partial charge in [-0.3, -0.25) is 19.0 Å². The third kappa shape index (κ3) is 8.01. The van der Waals surface area contributed by atoms with Crippen LogP contribution in [0.1, 0.15) is 47.5 Å². The van der Waals surface area contributed by atoms with Gasteiger partial charge in [-0.25, -0.2) is 0 Å². The molecule has 31 heavy (non-hydrogen) atoms. The van der Waals surface area contributed by atoms with Gasteiger partial charge >= 0.3 is 0 Å². The van der Waals surface area contributed by atoms with Crippen molar-refractivity contribution in [2.24, 2.45) is 11.3 Å². The maximum atomic E-state index is 12.9. The van der Waals surface area contributed by atoms with E-state index in [1.807, 2.05) is 34.6 Å². The fraction of sp³-hybridized carbons (Fsp3) is 0.667. The summed E-state index contributed by atoms with van der Waals surface area (Å²) in [5, 5.41) is 26.7. The third-order valence-electron chi connectivity index (χ3n) is 4.86. The first kappa shape index (κ1) is 26.7. The van der Waals surface area contributed by atoms with E-state index in [1.165, 1.54) is 23.7 Å². The van der Waals surface area contributed by atoms with Crippen LogP contribution in [-0.4, -0.2) is 56.9 Å². The number of nitrogens with one attached hydrogen (secondary N) is 3. The van der Waals surface area contributed by atoms with Crippen LogP contribution >= 0.6 is 12.6 Å². The lowest BCUT2D eigenvalue weighted by molar-refractivity contribution is -0.134. The van der Waals surface area contributed by atoms with Gasteiger partial charge in [0.25, 0.3) is 0 Å². The molecule has 0 spiro atoms. The Kier molecular flexibility index (Phi) is 9.73. The minimum Gasteiger partial charge on any atom is -0.494 e. The highest BCUT2D eigenvalue weighted by Gasteiger charge is 2.34. The van der Waals surface area contributed by atoms with Crippen LogP contribution in [0.5, 0.6) is 11.8 Å². The van der Waals surface area contributed by atoms with Crippen molar-refractivity contribution in [3.63, 3.8) is 0 Å². The van der Waals surface area contributed by atoms with Gasteiger partial charge in [0.2, 0.25) is 17.7 Å². The van der Waals surface area contributed by atoms with E-state index in [4.69, 9.17) is 0 Å². The summed E-state index contributed by atoms with van der Waals surface area (Å²) in [5.41, 5.74) is -0.519. The molecule has 0 saturated carbocycles. The molecule has 3 atom stereocenters. The number of thiol groups is 1. The highest BCUT2D eigenvalue weighted by molar-refractivity contribution is 7.81. The molecule has 176 valence electrons. The Morgan fingerprint density at radius 2 is 1.58 bits per heavy atom. The summed E-state index contributed by atoms with van der Waals surface area (Å²) in [7, 11) is 1.51. The second-order valence-electron chi connectivity index (χ2n) is 9.12. The molecule has 1 rings (SSSR count). The number of rotatable bonds is 10. The quantitative estimate of drug-likeness (QED) is 0.296. The lowest BCUT2D eigenvalue weighted by atomic mass is 9.85. The van der Waals surface area contributed by atoms with E-state index in [1.54, 1.807) is 0 Å². The van der Waals surface area contributed by atoms with Crippen molar-refractivity contribution in [3.8, 4) is 11.8 Å². The van der Waals surface area contributed by atoms with Crippen molar-refractivity contribution in [1.82, 2.24) is 20.5 Å². The van der Waals surface area contributed by atoms with Crippen LogP contribution in [-0.2, 0) is 20.9 Å². The summed E-state index contributed by atoms with van der Waals surface area (Å²) in [6, 6.07) is 1.11. The molecular weight excluding hydrogens is 420 g/mol. The maximum absolute atomic E-state index is 12.9. The summed E-state index contributed by atoms with van der Waals surface area (Å²) in [5.74, 6) is -1.30. The first-order valence-corrected chi connectivity index (χ1v) is 10.9. The summed E-state index contributed by atoms with van der Waals surface area (Å²) >= 11 is 4.32. The second kappa shape index (κ2) is 11.3. The minimum absolute atomic E-state index is 0.113. The molecular formula is C21H36N4O5S. The van der Waals surface area contributed by atoms with E-state index < -0.39 is 34.6 Å². The largest absolute Gasteiger partial charge is 0.494 e. The number of aromatic nitrogens is 1. The molecule has 0 saturated heterocycles. The van der Waals surface area contributed by atoms with Crippen molar-refractivity contribution in [2.75, 3.05) is 7.05 Å². The molecule has 9 nitrogen and oxygen atoms in total. The fourth-order valence-electron chi connectivity index (χ4n) is 3.09. The number of hydrogen-bond acceptors (Lipinski definition) is 6. The molecule has 0 aromatic carbocycles. The zero-order chi connectivity index (χ0) is 23.9. The van der Waals surface area contributed by atoms with Crippen molar-refractivity contribution >= 4 is 30.4 Å². The van der Waals surface area contributed by atoms with E-state index in [0.29, 0.717) is 6.42 Å². The molecule has 0 aliphatic rings. The number of carbonyl (C=O) groups is 3. The predicted octanol–water partition coefficient (Wildman–Crippen LogP) is 1.40. The number of likely N-dealkylation sites (N-methyl/N-ethyl adjacent to an activating group) is 1. The predicted molar refractivity (Wildman–Crippen MR) is 122 cm³/mol. The van der Waals surface area contributed by atoms with E-state index in [0.717, 1.165) is 0 Å². The molecule has 10 heteroatoms. The van der Waals surface area contributed by atoms with Crippen LogP contribution in [0.25, 0.3) is 0 Å². The van der Waals surface area contributed by atoms with Crippen LogP contribution < -0.4 is 16.0 Å². The molecule has 0 radical (unpaired) electrons. The van der Waals surface area contributed by atoms with Gasteiger partial charge in [-0.05, 0) is 24.2 Å². The van der Waals surface area contributed by atoms with E-state index in [2.05, 4.69) is 28.6 Å². The summed E-state index contributed by atoms with van der Waals surface area (Å²) in [6.45, 7) is 9.58. The number of hydrogen-bond donors (Lipinski definition) is 6. The Balaban J connectivity index is 2.84. The first-order chi connectivity index (χ1) is 14.3. The zero-order valence-electron chi connectivity index (χ0n) is 19.1. The molecule has 0 aliphatic carbocycles. The van der Waals surface area contributed by atoms with Crippen LogP contribution in [0.4, 0.5) is 0 Å². The Bertz CT molecular complexity index is 753. The highest BCUT2D eigenvalue weighted by atomic mass is 32.1. The number of carbonyl (C=O) groups excluding carboxylic acids is 3. The van der Waals surface area contributed by atoms with Gasteiger partial charge in [0.05, 0.1) is 5.25 Å². The van der Waals surface area contributed by atoms with Gasteiger partial charge in [0.1, 0.15) is 12.1 Å². The monoisotopic (exact) mass is 456 g/mol.